The van der Waals surface area contributed by atoms with Gasteiger partial charge in [-0.3, -0.25) is 13.9 Å². The SMILES string of the molecule is CC1(N2C3CCOCC32)N=C(N2CCC(c3ccc(C(=O)NC4CCOCC4)cc3)CC2)NC2=C1S(=O)CC2. The van der Waals surface area contributed by atoms with Gasteiger partial charge < -0.3 is 25.0 Å². The lowest BCUT2D eigenvalue weighted by Gasteiger charge is -2.40. The largest absolute Gasteiger partial charge is 0.381 e. The zero-order chi connectivity index (χ0) is 26.6. The van der Waals surface area contributed by atoms with E-state index in [0.717, 1.165) is 100 Å². The molecule has 4 saturated heterocycles. The zero-order valence-corrected chi connectivity index (χ0v) is 23.5. The number of likely N-dealkylation sites (tertiary alicyclic amines) is 1. The number of allylic oxidation sites excluding steroid dienone is 1. The van der Waals surface area contributed by atoms with Gasteiger partial charge in [-0.05, 0) is 62.6 Å². The van der Waals surface area contributed by atoms with Gasteiger partial charge in [0.1, 0.15) is 5.66 Å². The number of benzene rings is 1. The number of guanidine groups is 1. The first kappa shape index (κ1) is 25.7. The van der Waals surface area contributed by atoms with Gasteiger partial charge in [0.05, 0.1) is 28.4 Å². The molecule has 1 amide bonds. The Labute approximate surface area is 232 Å². The van der Waals surface area contributed by atoms with Crippen molar-refractivity contribution in [3.05, 3.63) is 46.0 Å². The van der Waals surface area contributed by atoms with Crippen molar-refractivity contribution < 1.29 is 18.5 Å². The standard InChI is InChI=1S/C29H39N5O4S/c1-29(34-24-10-16-38-18-25(24)34)26-23(11-17-39(26)36)31-28(32-29)33-12-6-20(7-13-33)19-2-4-21(5-3-19)27(35)30-22-8-14-37-15-9-22/h2-5,20,22,24-25H,6-18H2,1H3,(H,30,35)(H,31,32). The van der Waals surface area contributed by atoms with Crippen LogP contribution in [0.3, 0.4) is 0 Å². The number of aliphatic imine (C=N–C) groups is 1. The van der Waals surface area contributed by atoms with E-state index in [2.05, 4.69) is 39.5 Å². The quantitative estimate of drug-likeness (QED) is 0.553. The number of nitrogens with one attached hydrogen (secondary N) is 2. The summed E-state index contributed by atoms with van der Waals surface area (Å²) >= 11 is 0. The third-order valence-electron chi connectivity index (χ3n) is 9.47. The summed E-state index contributed by atoms with van der Waals surface area (Å²) in [5, 5.41) is 6.75. The van der Waals surface area contributed by atoms with Crippen LogP contribution in [0.5, 0.6) is 0 Å². The number of hydrogen-bond donors (Lipinski definition) is 2. The van der Waals surface area contributed by atoms with Gasteiger partial charge in [0.15, 0.2) is 5.96 Å². The maximum Gasteiger partial charge on any atom is 0.251 e. The van der Waals surface area contributed by atoms with Crippen LogP contribution < -0.4 is 10.6 Å². The van der Waals surface area contributed by atoms with E-state index in [1.54, 1.807) is 0 Å². The van der Waals surface area contributed by atoms with Crippen LogP contribution in [0, 0.1) is 0 Å². The van der Waals surface area contributed by atoms with Crippen molar-refractivity contribution in [1.82, 2.24) is 20.4 Å². The van der Waals surface area contributed by atoms with E-state index in [4.69, 9.17) is 14.5 Å². The van der Waals surface area contributed by atoms with E-state index in [1.165, 1.54) is 5.56 Å². The molecule has 0 aromatic heterocycles. The van der Waals surface area contributed by atoms with Crippen molar-refractivity contribution in [2.45, 2.75) is 75.2 Å². The zero-order valence-electron chi connectivity index (χ0n) is 22.7. The molecule has 0 aliphatic carbocycles. The first-order chi connectivity index (χ1) is 19.0. The molecule has 5 unspecified atom stereocenters. The third kappa shape index (κ3) is 4.73. The highest BCUT2D eigenvalue weighted by atomic mass is 32.2. The van der Waals surface area contributed by atoms with E-state index in [9.17, 15) is 9.00 Å². The molecular weight excluding hydrogens is 514 g/mol. The monoisotopic (exact) mass is 553 g/mol. The van der Waals surface area contributed by atoms with Crippen molar-refractivity contribution in [2.75, 3.05) is 45.3 Å². The smallest absolute Gasteiger partial charge is 0.251 e. The van der Waals surface area contributed by atoms with Gasteiger partial charge in [0, 0.05) is 68.4 Å². The number of hydrogen-bond acceptors (Lipinski definition) is 8. The second-order valence-electron chi connectivity index (χ2n) is 11.8. The van der Waals surface area contributed by atoms with Gasteiger partial charge in [-0.1, -0.05) is 12.1 Å². The molecule has 1 aromatic carbocycles. The third-order valence-corrected chi connectivity index (χ3v) is 11.1. The summed E-state index contributed by atoms with van der Waals surface area (Å²) < 4.78 is 24.2. The molecule has 0 bridgehead atoms. The molecule has 10 heteroatoms. The van der Waals surface area contributed by atoms with Gasteiger partial charge >= 0.3 is 0 Å². The second-order valence-corrected chi connectivity index (χ2v) is 13.3. The predicted octanol–water partition coefficient (Wildman–Crippen LogP) is 2.29. The van der Waals surface area contributed by atoms with E-state index < -0.39 is 16.5 Å². The molecule has 0 spiro atoms. The van der Waals surface area contributed by atoms with Crippen LogP contribution in [0.15, 0.2) is 39.9 Å². The maximum absolute atomic E-state index is 13.1. The Kier molecular flexibility index (Phi) is 6.77. The fraction of sp³-hybridized carbons (Fsp3) is 0.655. The molecule has 39 heavy (non-hydrogen) atoms. The highest BCUT2D eigenvalue weighted by molar-refractivity contribution is 7.89. The molecule has 2 N–H and O–H groups in total. The Morgan fingerprint density at radius 2 is 1.79 bits per heavy atom. The molecule has 0 saturated carbocycles. The Balaban J connectivity index is 1.01. The minimum absolute atomic E-state index is 0.00651. The minimum atomic E-state index is -0.986. The average Bonchev–Trinajstić information content (AvgIpc) is 3.60. The van der Waals surface area contributed by atoms with Crippen LogP contribution >= 0.6 is 0 Å². The van der Waals surface area contributed by atoms with E-state index >= 15 is 0 Å². The van der Waals surface area contributed by atoms with Crippen LogP contribution in [-0.4, -0.2) is 94.9 Å². The number of rotatable bonds is 4. The lowest BCUT2D eigenvalue weighted by atomic mass is 9.89. The van der Waals surface area contributed by atoms with E-state index in [0.29, 0.717) is 23.8 Å². The number of piperidine rings is 1. The highest BCUT2D eigenvalue weighted by Crippen LogP contribution is 2.49. The molecule has 0 radical (unpaired) electrons. The summed E-state index contributed by atoms with van der Waals surface area (Å²) in [4.78, 5) is 23.8. The molecular formula is C29H39N5O4S. The summed E-state index contributed by atoms with van der Waals surface area (Å²) in [6, 6.07) is 9.25. The molecule has 6 aliphatic rings. The fourth-order valence-electron chi connectivity index (χ4n) is 7.27. The lowest BCUT2D eigenvalue weighted by molar-refractivity contribution is 0.0696. The average molecular weight is 554 g/mol. The van der Waals surface area contributed by atoms with E-state index in [1.807, 2.05) is 12.1 Å². The van der Waals surface area contributed by atoms with Crippen molar-refractivity contribution in [3.8, 4) is 0 Å². The van der Waals surface area contributed by atoms with Gasteiger partial charge in [-0.15, -0.1) is 0 Å². The van der Waals surface area contributed by atoms with Crippen LogP contribution in [0.2, 0.25) is 0 Å². The molecule has 5 atom stereocenters. The molecule has 1 aromatic rings. The Morgan fingerprint density at radius 1 is 1.05 bits per heavy atom. The van der Waals surface area contributed by atoms with Crippen molar-refractivity contribution >= 4 is 22.7 Å². The molecule has 9 nitrogen and oxygen atoms in total. The van der Waals surface area contributed by atoms with Gasteiger partial charge in [-0.25, -0.2) is 4.99 Å². The Morgan fingerprint density at radius 3 is 2.51 bits per heavy atom. The normalized spacial score (nSPS) is 35.1. The second kappa shape index (κ2) is 10.3. The van der Waals surface area contributed by atoms with Crippen LogP contribution in [0.4, 0.5) is 0 Å². The van der Waals surface area contributed by atoms with Crippen LogP contribution in [0.25, 0.3) is 0 Å². The van der Waals surface area contributed by atoms with Gasteiger partial charge in [0.25, 0.3) is 5.91 Å². The van der Waals surface area contributed by atoms with Crippen molar-refractivity contribution in [2.24, 2.45) is 4.99 Å². The van der Waals surface area contributed by atoms with Crippen molar-refractivity contribution in [3.63, 3.8) is 0 Å². The highest BCUT2D eigenvalue weighted by Gasteiger charge is 2.61. The molecule has 7 rings (SSSR count). The van der Waals surface area contributed by atoms with Crippen LogP contribution in [-0.2, 0) is 20.3 Å². The summed E-state index contributed by atoms with van der Waals surface area (Å²) in [6.07, 6.45) is 5.67. The summed E-state index contributed by atoms with van der Waals surface area (Å²) in [5.41, 5.74) is 2.58. The first-order valence-corrected chi connectivity index (χ1v) is 15.9. The summed E-state index contributed by atoms with van der Waals surface area (Å²) in [7, 11) is -0.986. The molecule has 6 aliphatic heterocycles. The number of nitrogens with zero attached hydrogens (tertiary/aromatic N) is 3. The van der Waals surface area contributed by atoms with Crippen LogP contribution in [0.1, 0.15) is 67.3 Å². The topological polar surface area (TPSA) is 95.3 Å². The Hall–Kier alpha value is -2.27. The fourth-order valence-corrected chi connectivity index (χ4v) is 8.87. The molecule has 4 fully saturated rings. The minimum Gasteiger partial charge on any atom is -0.381 e. The number of carbonyl (C=O) groups is 1. The number of amides is 1. The first-order valence-electron chi connectivity index (χ1n) is 14.6. The number of ether oxygens (including phenoxy) is 2. The Bertz CT molecular complexity index is 1190. The van der Waals surface area contributed by atoms with Gasteiger partial charge in [-0.2, -0.15) is 0 Å². The van der Waals surface area contributed by atoms with Gasteiger partial charge in [0.2, 0.25) is 0 Å². The molecule has 6 heterocycles. The predicted molar refractivity (Wildman–Crippen MR) is 150 cm³/mol. The summed E-state index contributed by atoms with van der Waals surface area (Å²) in [5.74, 6) is 2.08. The van der Waals surface area contributed by atoms with Crippen molar-refractivity contribution in [1.29, 1.82) is 0 Å². The van der Waals surface area contributed by atoms with E-state index in [-0.39, 0.29) is 11.9 Å². The summed E-state index contributed by atoms with van der Waals surface area (Å²) in [6.45, 7) is 6.98. The number of fused-ring (bicyclic) bond motifs is 1. The number of carbonyl (C=O) groups excluding carboxylic acids is 1. The molecule has 210 valence electrons. The lowest BCUT2D eigenvalue weighted by Crippen LogP contribution is -2.52. The maximum atomic E-state index is 13.1.